The lowest BCUT2D eigenvalue weighted by Gasteiger charge is -2.33. The van der Waals surface area contributed by atoms with Gasteiger partial charge in [0.25, 0.3) is 5.91 Å². The van der Waals surface area contributed by atoms with Crippen LogP contribution in [0.4, 0.5) is 11.4 Å². The van der Waals surface area contributed by atoms with Gasteiger partial charge in [-0.1, -0.05) is 29.8 Å². The molecule has 2 unspecified atom stereocenters. The highest BCUT2D eigenvalue weighted by atomic mass is 35.5. The van der Waals surface area contributed by atoms with Crippen LogP contribution in [0.5, 0.6) is 5.75 Å². The van der Waals surface area contributed by atoms with Gasteiger partial charge in [-0.25, -0.2) is 5.43 Å². The molecule has 0 saturated carbocycles. The minimum absolute atomic E-state index is 0.0528. The Morgan fingerprint density at radius 2 is 1.80 bits per heavy atom. The third kappa shape index (κ3) is 4.76. The second kappa shape index (κ2) is 10.8. The number of nitrogens with one attached hydrogen (secondary N) is 3. The van der Waals surface area contributed by atoms with Gasteiger partial charge in [0, 0.05) is 40.5 Å². The number of fused-ring (bicyclic) bond motifs is 1. The lowest BCUT2D eigenvalue weighted by molar-refractivity contribution is -0.121. The summed E-state index contributed by atoms with van der Waals surface area (Å²) >= 11 is 6.42. The fraction of sp³-hybridized carbons (Fsp3) is 0.300. The number of ether oxygens (including phenoxy) is 1. The molecule has 0 radical (unpaired) electrons. The Hall–Kier alpha value is -4.08. The van der Waals surface area contributed by atoms with Gasteiger partial charge in [-0.05, 0) is 61.9 Å². The molecule has 7 rings (SSSR count). The Labute approximate surface area is 238 Å². The summed E-state index contributed by atoms with van der Waals surface area (Å²) in [6.07, 6.45) is 0.551. The number of hydrogen-bond donors (Lipinski definition) is 3. The summed E-state index contributed by atoms with van der Waals surface area (Å²) in [7, 11) is 1.65. The first-order chi connectivity index (χ1) is 19.4. The first-order valence-electron chi connectivity index (χ1n) is 13.4. The fourth-order valence-electron chi connectivity index (χ4n) is 5.67. The van der Waals surface area contributed by atoms with E-state index in [1.54, 1.807) is 19.2 Å². The van der Waals surface area contributed by atoms with Crippen LogP contribution in [0.2, 0.25) is 5.02 Å². The topological polar surface area (TPSA) is 98.3 Å². The standard InChI is InChI=1S/C30H31ClN6O3/c1-18-36-25-12-10-21(40-2)16-23(25)28-22-11-9-20(31)15-26(22)37(18)35-29(36)24(34-28)17-27(38)32-13-6-14-33-30(39)19-7-4-3-5-8-19/h3-5,7-12,15-16,18,24,29,35H,6,13-14,17H2,1-2H3,(H,32,38)(H,33,39)/t18?,24-,29?/m0/s1. The third-order valence-electron chi connectivity index (χ3n) is 7.61. The predicted octanol–water partition coefficient (Wildman–Crippen LogP) is 3.71. The zero-order chi connectivity index (χ0) is 27.8. The number of rotatable bonds is 8. The van der Waals surface area contributed by atoms with Gasteiger partial charge in [0.2, 0.25) is 5.91 Å². The van der Waals surface area contributed by atoms with Crippen molar-refractivity contribution in [3.8, 4) is 5.75 Å². The average molecular weight is 559 g/mol. The van der Waals surface area contributed by atoms with Crippen molar-refractivity contribution in [3.63, 3.8) is 0 Å². The Bertz CT molecular complexity index is 1480. The first kappa shape index (κ1) is 26.2. The predicted molar refractivity (Wildman–Crippen MR) is 156 cm³/mol. The molecule has 4 heterocycles. The molecule has 2 amide bonds. The molecule has 40 heavy (non-hydrogen) atoms. The number of amides is 2. The number of aliphatic imine (C=N–C) groups is 1. The Morgan fingerprint density at radius 3 is 2.60 bits per heavy atom. The number of carbonyl (C=O) groups excluding carboxylic acids is 2. The maximum atomic E-state index is 13.1. The molecule has 1 saturated heterocycles. The molecular weight excluding hydrogens is 528 g/mol. The summed E-state index contributed by atoms with van der Waals surface area (Å²) in [5.74, 6) is 0.535. The fourth-order valence-corrected chi connectivity index (χ4v) is 5.84. The summed E-state index contributed by atoms with van der Waals surface area (Å²) in [6.45, 7) is 3.06. The minimum Gasteiger partial charge on any atom is -0.497 e. The number of benzene rings is 3. The highest BCUT2D eigenvalue weighted by Gasteiger charge is 2.47. The highest BCUT2D eigenvalue weighted by molar-refractivity contribution is 6.31. The van der Waals surface area contributed by atoms with E-state index in [-0.39, 0.29) is 36.6 Å². The molecule has 0 spiro atoms. The summed E-state index contributed by atoms with van der Waals surface area (Å²) in [4.78, 5) is 32.8. The monoisotopic (exact) mass is 558 g/mol. The number of hydrogen-bond acceptors (Lipinski definition) is 7. The summed E-state index contributed by atoms with van der Waals surface area (Å²) in [5, 5.41) is 8.67. The molecule has 10 heteroatoms. The van der Waals surface area contributed by atoms with Crippen molar-refractivity contribution in [2.75, 3.05) is 30.1 Å². The minimum atomic E-state index is -0.345. The van der Waals surface area contributed by atoms with Crippen molar-refractivity contribution in [1.82, 2.24) is 16.1 Å². The van der Waals surface area contributed by atoms with Crippen LogP contribution in [-0.4, -0.2) is 56.1 Å². The van der Waals surface area contributed by atoms with Gasteiger partial charge < -0.3 is 20.3 Å². The molecular formula is C30H31ClN6O3. The average Bonchev–Trinajstić information content (AvgIpc) is 3.27. The van der Waals surface area contributed by atoms with Gasteiger partial charge >= 0.3 is 0 Å². The van der Waals surface area contributed by atoms with E-state index < -0.39 is 0 Å². The number of nitrogens with zero attached hydrogens (tertiary/aromatic N) is 3. The molecule has 9 nitrogen and oxygen atoms in total. The summed E-state index contributed by atoms with van der Waals surface area (Å²) in [5.41, 5.74) is 8.93. The summed E-state index contributed by atoms with van der Waals surface area (Å²) < 4.78 is 5.56. The van der Waals surface area contributed by atoms with Crippen LogP contribution in [0.3, 0.4) is 0 Å². The van der Waals surface area contributed by atoms with E-state index in [0.29, 0.717) is 30.1 Å². The summed E-state index contributed by atoms with van der Waals surface area (Å²) in [6, 6.07) is 20.6. The zero-order valence-corrected chi connectivity index (χ0v) is 23.1. The van der Waals surface area contributed by atoms with Crippen LogP contribution in [0.25, 0.3) is 0 Å². The van der Waals surface area contributed by atoms with E-state index in [2.05, 4.69) is 39.0 Å². The lowest BCUT2D eigenvalue weighted by Crippen LogP contribution is -2.48. The Kier molecular flexibility index (Phi) is 7.08. The quantitative estimate of drug-likeness (QED) is 0.365. The number of hydrazine groups is 1. The van der Waals surface area contributed by atoms with E-state index >= 15 is 0 Å². The van der Waals surface area contributed by atoms with Gasteiger partial charge in [0.05, 0.1) is 31.0 Å². The van der Waals surface area contributed by atoms with Gasteiger partial charge in [-0.3, -0.25) is 19.6 Å². The second-order valence-corrected chi connectivity index (χ2v) is 10.5. The molecule has 3 aromatic carbocycles. The SMILES string of the molecule is COc1ccc2c(c1)C1=N[C@@H](CC(=O)NCCCNC(=O)c3ccccc3)C3NN(c4cc(Cl)ccc41)C(C)N23. The molecule has 0 aliphatic carbocycles. The number of halogens is 1. The Morgan fingerprint density at radius 1 is 1.00 bits per heavy atom. The van der Waals surface area contributed by atoms with Crippen LogP contribution in [-0.2, 0) is 4.79 Å². The van der Waals surface area contributed by atoms with Crippen molar-refractivity contribution in [1.29, 1.82) is 0 Å². The molecule has 4 aliphatic heterocycles. The van der Waals surface area contributed by atoms with Gasteiger partial charge in [-0.2, -0.15) is 0 Å². The van der Waals surface area contributed by atoms with Crippen LogP contribution >= 0.6 is 11.6 Å². The first-order valence-corrected chi connectivity index (χ1v) is 13.8. The number of methoxy groups -OCH3 is 1. The molecule has 206 valence electrons. The molecule has 4 aliphatic rings. The van der Waals surface area contributed by atoms with E-state index in [4.69, 9.17) is 21.3 Å². The van der Waals surface area contributed by atoms with Crippen molar-refractivity contribution >= 4 is 40.5 Å². The van der Waals surface area contributed by atoms with Crippen LogP contribution in [0, 0.1) is 0 Å². The molecule has 3 aromatic rings. The largest absolute Gasteiger partial charge is 0.497 e. The maximum absolute atomic E-state index is 13.1. The number of carbonyl (C=O) groups is 2. The normalized spacial score (nSPS) is 20.2. The molecule has 0 aromatic heterocycles. The molecule has 1 fully saturated rings. The lowest BCUT2D eigenvalue weighted by atomic mass is 9.96. The second-order valence-electron chi connectivity index (χ2n) is 10.1. The maximum Gasteiger partial charge on any atom is 0.251 e. The zero-order valence-electron chi connectivity index (χ0n) is 22.4. The molecule has 3 N–H and O–H groups in total. The van der Waals surface area contributed by atoms with Crippen LogP contribution in [0.15, 0.2) is 71.7 Å². The van der Waals surface area contributed by atoms with Crippen LogP contribution in [0.1, 0.15) is 41.3 Å². The van der Waals surface area contributed by atoms with E-state index in [1.807, 2.05) is 48.5 Å². The van der Waals surface area contributed by atoms with Crippen molar-refractivity contribution < 1.29 is 14.3 Å². The highest BCUT2D eigenvalue weighted by Crippen LogP contribution is 2.43. The molecule has 4 bridgehead atoms. The molecule has 3 atom stereocenters. The van der Waals surface area contributed by atoms with Gasteiger partial charge in [0.1, 0.15) is 18.1 Å². The van der Waals surface area contributed by atoms with Crippen LogP contribution < -0.4 is 30.7 Å². The Balaban J connectivity index is 1.20. The smallest absolute Gasteiger partial charge is 0.251 e. The van der Waals surface area contributed by atoms with E-state index in [0.717, 1.165) is 34.0 Å². The van der Waals surface area contributed by atoms with Crippen molar-refractivity contribution in [2.24, 2.45) is 4.99 Å². The van der Waals surface area contributed by atoms with Crippen molar-refractivity contribution in [2.45, 2.75) is 38.1 Å². The van der Waals surface area contributed by atoms with Gasteiger partial charge in [0.15, 0.2) is 0 Å². The number of anilines is 2. The van der Waals surface area contributed by atoms with Crippen molar-refractivity contribution in [3.05, 3.63) is 88.4 Å². The van der Waals surface area contributed by atoms with Gasteiger partial charge in [-0.15, -0.1) is 0 Å². The van der Waals surface area contributed by atoms with E-state index in [9.17, 15) is 9.59 Å². The third-order valence-corrected chi connectivity index (χ3v) is 7.85. The van der Waals surface area contributed by atoms with E-state index in [1.165, 1.54) is 0 Å².